The van der Waals surface area contributed by atoms with E-state index in [1.807, 2.05) is 18.2 Å². The van der Waals surface area contributed by atoms with Crippen LogP contribution >= 0.6 is 0 Å². The van der Waals surface area contributed by atoms with Crippen LogP contribution in [0.15, 0.2) is 53.1 Å². The van der Waals surface area contributed by atoms with Crippen LogP contribution in [0.1, 0.15) is 42.5 Å². The van der Waals surface area contributed by atoms with Crippen molar-refractivity contribution in [2.75, 3.05) is 0 Å². The van der Waals surface area contributed by atoms with Crippen molar-refractivity contribution in [1.82, 2.24) is 5.32 Å². The van der Waals surface area contributed by atoms with Gasteiger partial charge in [-0.2, -0.15) is 0 Å². The van der Waals surface area contributed by atoms with Crippen LogP contribution in [0.4, 0.5) is 0 Å². The van der Waals surface area contributed by atoms with Crippen LogP contribution in [-0.4, -0.2) is 23.1 Å². The lowest BCUT2D eigenvalue weighted by Gasteiger charge is -2.27. The molecule has 1 heterocycles. The van der Waals surface area contributed by atoms with Gasteiger partial charge in [0.15, 0.2) is 6.10 Å². The number of ether oxygens (including phenoxy) is 1. The van der Waals surface area contributed by atoms with Crippen LogP contribution in [0.5, 0.6) is 5.75 Å². The van der Waals surface area contributed by atoms with E-state index < -0.39 is 12.1 Å². The summed E-state index contributed by atoms with van der Waals surface area (Å²) in [5.41, 5.74) is 3.54. The second-order valence-corrected chi connectivity index (χ2v) is 7.40. The molecule has 1 aromatic heterocycles. The van der Waals surface area contributed by atoms with E-state index in [-0.39, 0.29) is 24.1 Å². The highest BCUT2D eigenvalue weighted by Crippen LogP contribution is 2.29. The minimum Gasteiger partial charge on any atom is -0.508 e. The zero-order valence-electron chi connectivity index (χ0n) is 16.2. The van der Waals surface area contributed by atoms with Gasteiger partial charge in [-0.3, -0.25) is 9.59 Å². The fourth-order valence-corrected chi connectivity index (χ4v) is 3.85. The average Bonchev–Trinajstić information content (AvgIpc) is 3.09. The van der Waals surface area contributed by atoms with Crippen molar-refractivity contribution in [3.63, 3.8) is 0 Å². The molecule has 0 radical (unpaired) electrons. The molecule has 3 aromatic rings. The van der Waals surface area contributed by atoms with Gasteiger partial charge in [0.05, 0.1) is 18.7 Å². The number of carbonyl (C=O) groups excluding carboxylic acids is 2. The molecule has 4 rings (SSSR count). The van der Waals surface area contributed by atoms with Gasteiger partial charge in [0.25, 0.3) is 5.91 Å². The van der Waals surface area contributed by atoms with E-state index in [2.05, 4.69) is 11.4 Å². The van der Waals surface area contributed by atoms with Crippen LogP contribution in [0.25, 0.3) is 11.0 Å². The van der Waals surface area contributed by atoms with E-state index >= 15 is 0 Å². The minimum atomic E-state index is -0.890. The molecule has 6 heteroatoms. The molecule has 1 amide bonds. The highest BCUT2D eigenvalue weighted by molar-refractivity contribution is 5.88. The summed E-state index contributed by atoms with van der Waals surface area (Å²) < 4.78 is 10.7. The van der Waals surface area contributed by atoms with Crippen LogP contribution in [0.3, 0.4) is 0 Å². The van der Waals surface area contributed by atoms with Crippen molar-refractivity contribution in [1.29, 1.82) is 0 Å². The molecule has 0 aliphatic heterocycles. The Morgan fingerprint density at radius 3 is 2.97 bits per heavy atom. The van der Waals surface area contributed by atoms with Crippen molar-refractivity contribution in [2.45, 2.75) is 44.8 Å². The van der Waals surface area contributed by atoms with Crippen LogP contribution in [0, 0.1) is 0 Å². The van der Waals surface area contributed by atoms with Gasteiger partial charge in [0.2, 0.25) is 0 Å². The first-order valence-corrected chi connectivity index (χ1v) is 9.78. The first kappa shape index (κ1) is 19.1. The second kappa shape index (κ2) is 7.99. The molecule has 0 saturated carbocycles. The Morgan fingerprint density at radius 1 is 1.28 bits per heavy atom. The Labute approximate surface area is 168 Å². The third-order valence-corrected chi connectivity index (χ3v) is 5.34. The molecule has 6 nitrogen and oxygen atoms in total. The van der Waals surface area contributed by atoms with E-state index in [1.165, 1.54) is 24.0 Å². The molecule has 150 valence electrons. The van der Waals surface area contributed by atoms with E-state index in [0.717, 1.165) is 30.2 Å². The maximum Gasteiger partial charge on any atom is 0.311 e. The van der Waals surface area contributed by atoms with Crippen molar-refractivity contribution >= 4 is 22.8 Å². The number of phenols is 1. The predicted molar refractivity (Wildman–Crippen MR) is 107 cm³/mol. The number of aryl methyl sites for hydroxylation is 1. The zero-order chi connectivity index (χ0) is 20.4. The summed E-state index contributed by atoms with van der Waals surface area (Å²) in [7, 11) is 0. The highest BCUT2D eigenvalue weighted by atomic mass is 16.5. The Kier molecular flexibility index (Phi) is 5.25. The maximum atomic E-state index is 12.6. The van der Waals surface area contributed by atoms with Gasteiger partial charge < -0.3 is 19.6 Å². The van der Waals surface area contributed by atoms with Gasteiger partial charge in [-0.25, -0.2) is 0 Å². The third kappa shape index (κ3) is 4.11. The van der Waals surface area contributed by atoms with Gasteiger partial charge in [-0.1, -0.05) is 24.3 Å². The monoisotopic (exact) mass is 393 g/mol. The van der Waals surface area contributed by atoms with Gasteiger partial charge in [-0.15, -0.1) is 0 Å². The van der Waals surface area contributed by atoms with Crippen molar-refractivity contribution in [3.05, 3.63) is 65.4 Å². The summed E-state index contributed by atoms with van der Waals surface area (Å²) >= 11 is 0. The smallest absolute Gasteiger partial charge is 0.311 e. The molecule has 0 saturated heterocycles. The number of esters is 1. The van der Waals surface area contributed by atoms with Gasteiger partial charge in [-0.05, 0) is 49.4 Å². The zero-order valence-corrected chi connectivity index (χ0v) is 16.2. The number of furan rings is 1. The Balaban J connectivity index is 1.37. The van der Waals surface area contributed by atoms with Crippen molar-refractivity contribution in [3.8, 4) is 5.75 Å². The molecule has 1 aliphatic rings. The molecule has 2 atom stereocenters. The van der Waals surface area contributed by atoms with E-state index in [9.17, 15) is 14.7 Å². The number of hydrogen-bond acceptors (Lipinski definition) is 5. The predicted octanol–water partition coefficient (Wildman–Crippen LogP) is 3.81. The number of aromatic hydroxyl groups is 1. The summed E-state index contributed by atoms with van der Waals surface area (Å²) in [6.07, 6.45) is 3.47. The number of benzene rings is 2. The van der Waals surface area contributed by atoms with E-state index in [1.54, 1.807) is 13.0 Å². The normalized spacial score (nSPS) is 16.8. The summed E-state index contributed by atoms with van der Waals surface area (Å²) in [6, 6.07) is 12.8. The second-order valence-electron chi connectivity index (χ2n) is 7.40. The Bertz CT molecular complexity index is 1050. The van der Waals surface area contributed by atoms with Gasteiger partial charge in [0, 0.05) is 17.0 Å². The molecule has 2 N–H and O–H groups in total. The fourth-order valence-electron chi connectivity index (χ4n) is 3.85. The lowest BCUT2D eigenvalue weighted by atomic mass is 9.87. The number of rotatable bonds is 5. The average molecular weight is 393 g/mol. The van der Waals surface area contributed by atoms with Crippen molar-refractivity contribution in [2.24, 2.45) is 0 Å². The summed E-state index contributed by atoms with van der Waals surface area (Å²) in [6.45, 7) is 1.58. The van der Waals surface area contributed by atoms with E-state index in [4.69, 9.17) is 9.15 Å². The van der Waals surface area contributed by atoms with Crippen LogP contribution < -0.4 is 5.32 Å². The lowest BCUT2D eigenvalue weighted by molar-refractivity contribution is -0.154. The van der Waals surface area contributed by atoms with Gasteiger partial charge in [0.1, 0.15) is 11.3 Å². The third-order valence-electron chi connectivity index (χ3n) is 5.34. The fraction of sp³-hybridized carbons (Fsp3) is 0.304. The lowest BCUT2D eigenvalue weighted by Crippen LogP contribution is -2.39. The minimum absolute atomic E-state index is 0.0122. The summed E-state index contributed by atoms with van der Waals surface area (Å²) in [5.74, 6) is -0.718. The number of nitrogens with one attached hydrogen (secondary N) is 1. The van der Waals surface area contributed by atoms with Crippen LogP contribution in [0.2, 0.25) is 0 Å². The van der Waals surface area contributed by atoms with Gasteiger partial charge >= 0.3 is 5.97 Å². The SMILES string of the molecule is C[C@@H](OC(=O)Cc1coc2cc(O)ccc12)C(=O)N[C@@H]1CCCc2ccccc21. The number of phenolic OH excluding ortho intramolecular Hbond substituents is 1. The molecule has 1 aliphatic carbocycles. The number of amides is 1. The quantitative estimate of drug-likeness (QED) is 0.644. The summed E-state index contributed by atoms with van der Waals surface area (Å²) in [4.78, 5) is 24.9. The number of fused-ring (bicyclic) bond motifs is 2. The largest absolute Gasteiger partial charge is 0.508 e. The molecular weight excluding hydrogens is 370 g/mol. The molecule has 0 unspecified atom stereocenters. The molecule has 29 heavy (non-hydrogen) atoms. The Hall–Kier alpha value is -3.28. The number of hydrogen-bond donors (Lipinski definition) is 2. The molecule has 0 fully saturated rings. The van der Waals surface area contributed by atoms with Crippen LogP contribution in [-0.2, 0) is 27.2 Å². The molecule has 0 bridgehead atoms. The summed E-state index contributed by atoms with van der Waals surface area (Å²) in [5, 5.41) is 13.2. The molecule has 0 spiro atoms. The molecule has 2 aromatic carbocycles. The van der Waals surface area contributed by atoms with E-state index in [0.29, 0.717) is 11.1 Å². The topological polar surface area (TPSA) is 88.8 Å². The standard InChI is InChI=1S/C23H23NO5/c1-14(23(27)24-20-8-4-6-15-5-2-3-7-18(15)20)29-22(26)11-16-13-28-21-12-17(25)9-10-19(16)21/h2-3,5,7,9-10,12-14,20,25H,4,6,8,11H2,1H3,(H,24,27)/t14-,20-/m1/s1. The number of carbonyl (C=O) groups is 2. The first-order valence-electron chi connectivity index (χ1n) is 9.78. The Morgan fingerprint density at radius 2 is 2.10 bits per heavy atom. The van der Waals surface area contributed by atoms with Crippen molar-refractivity contribution < 1.29 is 23.8 Å². The first-order chi connectivity index (χ1) is 14.0. The highest BCUT2D eigenvalue weighted by Gasteiger charge is 2.25. The molecular formula is C23H23NO5. The maximum absolute atomic E-state index is 12.6.